The Kier molecular flexibility index (Phi) is 16.8. The molecule has 0 heterocycles. The second-order valence-electron chi connectivity index (χ2n) is 22.6. The van der Waals surface area contributed by atoms with Crippen molar-refractivity contribution in [3.63, 3.8) is 0 Å². The van der Waals surface area contributed by atoms with Gasteiger partial charge in [0.1, 0.15) is 34.5 Å². The number of benzene rings is 10. The van der Waals surface area contributed by atoms with Crippen LogP contribution in [0.2, 0.25) is 0 Å². The van der Waals surface area contributed by atoms with Gasteiger partial charge >= 0.3 is 0 Å². The van der Waals surface area contributed by atoms with Gasteiger partial charge in [0.15, 0.2) is 0 Å². The average Bonchev–Trinajstić information content (AvgIpc) is 1.52. The molecule has 1 spiro atoms. The fourth-order valence-corrected chi connectivity index (χ4v) is 13.1. The van der Waals surface area contributed by atoms with Gasteiger partial charge < -0.3 is 57.5 Å². The molecule has 0 N–H and O–H groups in total. The summed E-state index contributed by atoms with van der Waals surface area (Å²) in [5.74, 6) is 4.62. The summed E-state index contributed by atoms with van der Waals surface area (Å²) in [6.07, 6.45) is -0.303. The zero-order chi connectivity index (χ0) is 62.1. The fraction of sp³-hybridized carbons (Fsp3) is 0.221. The number of methoxy groups -OCH3 is 8. The fourth-order valence-electron chi connectivity index (χ4n) is 13.1. The molecule has 0 amide bonds. The van der Waals surface area contributed by atoms with Crippen LogP contribution in [0.3, 0.4) is 0 Å². The molecule has 0 aliphatic heterocycles. The summed E-state index contributed by atoms with van der Waals surface area (Å²) >= 11 is 0. The molecular weight excluding hydrogens is 1110 g/mol. The van der Waals surface area contributed by atoms with Gasteiger partial charge in [-0.15, -0.1) is 0 Å². The Morgan fingerprint density at radius 2 is 0.449 bits per heavy atom. The van der Waals surface area contributed by atoms with Gasteiger partial charge in [-0.25, -0.2) is 0 Å². The molecule has 0 radical (unpaired) electrons. The van der Waals surface area contributed by atoms with Crippen LogP contribution in [0.25, 0.3) is 22.3 Å². The van der Waals surface area contributed by atoms with Gasteiger partial charge in [-0.05, 0) is 266 Å². The molecular formula is C77H76N4O8. The first kappa shape index (κ1) is 59.5. The first-order valence-corrected chi connectivity index (χ1v) is 30.1. The molecule has 0 saturated heterocycles. The lowest BCUT2D eigenvalue weighted by Crippen LogP contribution is -2.38. The lowest BCUT2D eigenvalue weighted by molar-refractivity contribution is 0.100. The van der Waals surface area contributed by atoms with Crippen LogP contribution in [0.15, 0.2) is 218 Å². The maximum Gasteiger partial charge on any atom is 0.119 e. The van der Waals surface area contributed by atoms with Crippen molar-refractivity contribution in [3.8, 4) is 56.8 Å². The predicted octanol–water partition coefficient (Wildman–Crippen LogP) is 18.1. The summed E-state index contributed by atoms with van der Waals surface area (Å²) in [5.41, 5.74) is 17.9. The lowest BCUT2D eigenvalue weighted by Gasteiger charge is -2.38. The van der Waals surface area contributed by atoms with Crippen molar-refractivity contribution in [2.24, 2.45) is 0 Å². The van der Waals surface area contributed by atoms with Gasteiger partial charge in [0.05, 0.1) is 72.4 Å². The van der Waals surface area contributed by atoms with Gasteiger partial charge in [0.2, 0.25) is 0 Å². The van der Waals surface area contributed by atoms with E-state index in [1.165, 1.54) is 0 Å². The molecule has 10 aromatic rings. The molecule has 0 fully saturated rings. The summed E-state index contributed by atoms with van der Waals surface area (Å²) in [6.45, 7) is 8.73. The highest BCUT2D eigenvalue weighted by molar-refractivity contribution is 5.99. The van der Waals surface area contributed by atoms with Crippen LogP contribution in [0.5, 0.6) is 34.5 Å². The molecule has 4 unspecified atom stereocenters. The van der Waals surface area contributed by atoms with Crippen molar-refractivity contribution in [3.05, 3.63) is 241 Å². The minimum absolute atomic E-state index is 0.105. The van der Waals surface area contributed by atoms with Crippen LogP contribution in [-0.4, -0.2) is 81.2 Å². The molecule has 0 bridgehead atoms. The van der Waals surface area contributed by atoms with Crippen LogP contribution in [0.1, 0.15) is 49.9 Å². The molecule has 89 heavy (non-hydrogen) atoms. The van der Waals surface area contributed by atoms with Crippen molar-refractivity contribution < 1.29 is 37.9 Å². The maximum absolute atomic E-state index is 6.18. The van der Waals surface area contributed by atoms with E-state index in [2.05, 4.69) is 193 Å². The molecule has 12 rings (SSSR count). The Balaban J connectivity index is 1.20. The minimum atomic E-state index is -0.965. The second-order valence-corrected chi connectivity index (χ2v) is 22.6. The van der Waals surface area contributed by atoms with Crippen LogP contribution in [0, 0.1) is 0 Å². The molecule has 10 aromatic carbocycles. The quantitative estimate of drug-likeness (QED) is 0.0648. The largest absolute Gasteiger partial charge is 0.497 e. The molecule has 12 nitrogen and oxygen atoms in total. The van der Waals surface area contributed by atoms with Crippen LogP contribution >= 0.6 is 0 Å². The topological polar surface area (TPSA) is 86.8 Å². The standard InChI is InChI=1S/C77H76N4O8/c1-49(51(3)82-5)78(53-13-29-63(84-7)30-14-53)59-25-41-69-71-43-27-61(80(55-17-33-65(86-9)34-18-55)56-19-35-66(87-10)36-20-56)47-75(71)77(73(69)45-59)74-46-60(79(50(2)52(4)83-6)54-15-31-64(85-8)32-16-54)26-42-70(74)72-44-28-62(48-76(72)77)81(57-21-37-67(88-11)38-22-57)58-23-39-68(89-12)40-24-58/h13-52H,1-12H3/t49?,50?,51-,52?,77?/m0/s1. The third-order valence-electron chi connectivity index (χ3n) is 18.2. The average molecular weight is 1190 g/mol. The SMILES string of the molecule is COc1ccc(N(c2ccc(OC)cc2)c2ccc3c(c2)C2(c4cc(N(c5ccc(OC)cc5)c5ccc(OC)cc5)ccc4-c4ccc(N(c5ccc(OC)cc5)C(C)[C@H](C)OC)cc42)c2cc(N(c4ccc(OC)cc4)C(C)C(C)OC)ccc2-3)cc1. The van der Waals surface area contributed by atoms with E-state index in [0.717, 1.165) is 136 Å². The normalized spacial score (nSPS) is 14.7. The van der Waals surface area contributed by atoms with E-state index in [9.17, 15) is 0 Å². The van der Waals surface area contributed by atoms with Crippen LogP contribution < -0.4 is 48.0 Å². The maximum atomic E-state index is 6.18. The highest BCUT2D eigenvalue weighted by Crippen LogP contribution is 2.65. The number of ether oxygens (including phenoxy) is 8. The van der Waals surface area contributed by atoms with Gasteiger partial charge in [0.25, 0.3) is 0 Å². The minimum Gasteiger partial charge on any atom is -0.497 e. The van der Waals surface area contributed by atoms with Gasteiger partial charge in [-0.3, -0.25) is 0 Å². The number of rotatable bonds is 22. The van der Waals surface area contributed by atoms with Crippen molar-refractivity contribution in [1.29, 1.82) is 0 Å². The smallest absolute Gasteiger partial charge is 0.119 e. The van der Waals surface area contributed by atoms with E-state index in [4.69, 9.17) is 37.9 Å². The molecule has 12 heteroatoms. The second kappa shape index (κ2) is 25.1. The van der Waals surface area contributed by atoms with Crippen LogP contribution in [-0.2, 0) is 14.9 Å². The zero-order valence-corrected chi connectivity index (χ0v) is 52.6. The van der Waals surface area contributed by atoms with E-state index in [0.29, 0.717) is 0 Å². The lowest BCUT2D eigenvalue weighted by atomic mass is 9.70. The third kappa shape index (κ3) is 10.7. The van der Waals surface area contributed by atoms with E-state index >= 15 is 0 Å². The van der Waals surface area contributed by atoms with Crippen molar-refractivity contribution in [2.75, 3.05) is 76.5 Å². The molecule has 5 atom stereocenters. The number of hydrogen-bond donors (Lipinski definition) is 0. The molecule has 0 saturated carbocycles. The molecule has 452 valence electrons. The Morgan fingerprint density at radius 1 is 0.247 bits per heavy atom. The monoisotopic (exact) mass is 1180 g/mol. The summed E-state index contributed by atoms with van der Waals surface area (Å²) in [4.78, 5) is 9.45. The third-order valence-corrected chi connectivity index (χ3v) is 18.2. The zero-order valence-electron chi connectivity index (χ0n) is 52.6. The number of anilines is 10. The van der Waals surface area contributed by atoms with Crippen molar-refractivity contribution in [1.82, 2.24) is 0 Å². The Hall–Kier alpha value is -9.88. The predicted molar refractivity (Wildman–Crippen MR) is 360 cm³/mol. The van der Waals surface area contributed by atoms with E-state index in [-0.39, 0.29) is 24.3 Å². The van der Waals surface area contributed by atoms with E-state index in [1.807, 2.05) is 72.8 Å². The van der Waals surface area contributed by atoms with Crippen LogP contribution in [0.4, 0.5) is 56.9 Å². The number of fused-ring (bicyclic) bond motifs is 10. The summed E-state index contributed by atoms with van der Waals surface area (Å²) < 4.78 is 46.8. The van der Waals surface area contributed by atoms with Gasteiger partial charge in [-0.2, -0.15) is 0 Å². The van der Waals surface area contributed by atoms with E-state index < -0.39 is 5.41 Å². The first-order valence-electron chi connectivity index (χ1n) is 30.1. The summed E-state index contributed by atoms with van der Waals surface area (Å²) in [5, 5.41) is 0. The first-order chi connectivity index (χ1) is 43.4. The molecule has 2 aliphatic rings. The Labute approximate surface area is 523 Å². The van der Waals surface area contributed by atoms with Gasteiger partial charge in [0, 0.05) is 71.1 Å². The summed E-state index contributed by atoms with van der Waals surface area (Å²) in [7, 11) is 13.8. The highest BCUT2D eigenvalue weighted by atomic mass is 16.5. The Bertz CT molecular complexity index is 3740. The van der Waals surface area contributed by atoms with Crippen molar-refractivity contribution >= 4 is 56.9 Å². The number of nitrogens with zero attached hydrogens (tertiary/aromatic N) is 4. The number of hydrogen-bond acceptors (Lipinski definition) is 12. The van der Waals surface area contributed by atoms with E-state index in [1.54, 1.807) is 56.9 Å². The van der Waals surface area contributed by atoms with Crippen molar-refractivity contribution in [2.45, 2.75) is 57.4 Å². The summed E-state index contributed by atoms with van der Waals surface area (Å²) in [6, 6.07) is 77.6. The van der Waals surface area contributed by atoms with Gasteiger partial charge in [-0.1, -0.05) is 24.3 Å². The Morgan fingerprint density at radius 3 is 0.674 bits per heavy atom. The highest BCUT2D eigenvalue weighted by Gasteiger charge is 2.53. The molecule has 0 aromatic heterocycles. The molecule has 2 aliphatic carbocycles.